The second-order valence-electron chi connectivity index (χ2n) is 15.9. The number of hydrogen-bond acceptors (Lipinski definition) is 8. The molecule has 0 spiro atoms. The van der Waals surface area contributed by atoms with Crippen molar-refractivity contribution in [1.82, 2.24) is 10.6 Å². The van der Waals surface area contributed by atoms with Gasteiger partial charge in [-0.1, -0.05) is 105 Å². The normalized spacial score (nSPS) is 13.1. The third-order valence-electron chi connectivity index (χ3n) is 11.1. The molecule has 1 aliphatic heterocycles. The van der Waals surface area contributed by atoms with Crippen molar-refractivity contribution in [3.05, 3.63) is 74.5 Å². The molecule has 4 amide bonds. The van der Waals surface area contributed by atoms with Crippen LogP contribution in [0.2, 0.25) is 0 Å². The zero-order chi connectivity index (χ0) is 41.6. The molecule has 59 heavy (non-hydrogen) atoms. The van der Waals surface area contributed by atoms with Crippen LogP contribution in [0.3, 0.4) is 0 Å². The van der Waals surface area contributed by atoms with Crippen LogP contribution in [0.4, 0.5) is 4.79 Å². The van der Waals surface area contributed by atoms with E-state index in [1.165, 1.54) is 159 Å². The number of unbranched alkanes of at least 4 members (excludes halogenated alkanes) is 12. The van der Waals surface area contributed by atoms with Crippen LogP contribution in [0.5, 0.6) is 0 Å². The molecule has 0 aromatic carbocycles. The SMILES string of the molecule is CCCCCCc1ccsc1-c1cc(CCCCCC)c(-c2cc(CCCCCC)c(-c3cc(CCCCCC)c(-c4ccc(C=C5C(=O)NC(=O)NC5=O)s4)s3)s2)s1. The molecule has 0 bridgehead atoms. The summed E-state index contributed by atoms with van der Waals surface area (Å²) in [6, 6.07) is 13.3. The zero-order valence-electron chi connectivity index (χ0n) is 35.5. The fraction of sp³-hybridized carbons (Fsp3) is 0.490. The number of hydrogen-bond donors (Lipinski definition) is 2. The first-order chi connectivity index (χ1) is 28.8. The molecule has 316 valence electrons. The number of amides is 4. The van der Waals surface area contributed by atoms with Crippen molar-refractivity contribution >= 4 is 80.6 Å². The predicted molar refractivity (Wildman–Crippen MR) is 259 cm³/mol. The van der Waals surface area contributed by atoms with E-state index < -0.39 is 17.8 Å². The largest absolute Gasteiger partial charge is 0.328 e. The molecule has 1 saturated heterocycles. The molecule has 1 aliphatic rings. The first-order valence-corrected chi connectivity index (χ1v) is 26.4. The summed E-state index contributed by atoms with van der Waals surface area (Å²) < 4.78 is 0. The topological polar surface area (TPSA) is 75.3 Å². The van der Waals surface area contributed by atoms with Gasteiger partial charge < -0.3 is 0 Å². The Hall–Kier alpha value is -3.15. The highest BCUT2D eigenvalue weighted by molar-refractivity contribution is 7.30. The fourth-order valence-corrected chi connectivity index (χ4v) is 13.9. The molecule has 10 heteroatoms. The molecule has 2 N–H and O–H groups in total. The first kappa shape index (κ1) is 45.4. The van der Waals surface area contributed by atoms with Crippen LogP contribution in [0.25, 0.3) is 45.1 Å². The van der Waals surface area contributed by atoms with Crippen LogP contribution in [0, 0.1) is 0 Å². The highest BCUT2D eigenvalue weighted by Crippen LogP contribution is 2.50. The third kappa shape index (κ3) is 12.2. The Balaban J connectivity index is 1.38. The zero-order valence-corrected chi connectivity index (χ0v) is 39.6. The van der Waals surface area contributed by atoms with Gasteiger partial charge in [-0.3, -0.25) is 20.2 Å². The molecule has 0 saturated carbocycles. The summed E-state index contributed by atoms with van der Waals surface area (Å²) >= 11 is 9.44. The maximum Gasteiger partial charge on any atom is 0.328 e. The molecule has 0 radical (unpaired) electrons. The number of urea groups is 1. The van der Waals surface area contributed by atoms with Gasteiger partial charge in [0.1, 0.15) is 5.57 Å². The number of carbonyl (C=O) groups excluding carboxylic acids is 3. The van der Waals surface area contributed by atoms with Gasteiger partial charge in [0.15, 0.2) is 0 Å². The van der Waals surface area contributed by atoms with Crippen LogP contribution in [0.1, 0.15) is 158 Å². The van der Waals surface area contributed by atoms with Crippen molar-refractivity contribution in [3.63, 3.8) is 0 Å². The van der Waals surface area contributed by atoms with Crippen molar-refractivity contribution in [2.75, 3.05) is 0 Å². The van der Waals surface area contributed by atoms with Gasteiger partial charge in [-0.2, -0.15) is 0 Å². The van der Waals surface area contributed by atoms with Crippen molar-refractivity contribution in [2.45, 2.75) is 156 Å². The smallest absolute Gasteiger partial charge is 0.273 e. The minimum atomic E-state index is -0.781. The summed E-state index contributed by atoms with van der Waals surface area (Å²) in [5.41, 5.74) is 5.85. The number of aryl methyl sites for hydroxylation is 4. The molecule has 6 heterocycles. The lowest BCUT2D eigenvalue weighted by atomic mass is 10.0. The minimum absolute atomic E-state index is 0.0489. The maximum atomic E-state index is 12.5. The van der Waals surface area contributed by atoms with E-state index in [2.05, 4.69) is 74.0 Å². The Kier molecular flexibility index (Phi) is 17.8. The highest BCUT2D eigenvalue weighted by atomic mass is 32.1. The Morgan fingerprint density at radius 2 is 0.881 bits per heavy atom. The lowest BCUT2D eigenvalue weighted by molar-refractivity contribution is -0.123. The molecule has 6 rings (SSSR count). The van der Waals surface area contributed by atoms with Crippen molar-refractivity contribution in [3.8, 4) is 39.0 Å². The quantitative estimate of drug-likeness (QED) is 0.0348. The van der Waals surface area contributed by atoms with Crippen molar-refractivity contribution < 1.29 is 14.4 Å². The number of rotatable bonds is 25. The first-order valence-electron chi connectivity index (χ1n) is 22.3. The fourth-order valence-electron chi connectivity index (χ4n) is 7.82. The van der Waals surface area contributed by atoms with E-state index >= 15 is 0 Å². The van der Waals surface area contributed by atoms with E-state index in [4.69, 9.17) is 0 Å². The lowest BCUT2D eigenvalue weighted by Gasteiger charge is -2.13. The molecular weight excluding hydrogens is 825 g/mol. The third-order valence-corrected chi connectivity index (χ3v) is 17.4. The van der Waals surface area contributed by atoms with Crippen LogP contribution < -0.4 is 10.6 Å². The predicted octanol–water partition coefficient (Wildman–Crippen LogP) is 15.9. The Bertz CT molecular complexity index is 2150. The standard InChI is InChI=1S/C49H62N2O3S5/c1-5-9-13-17-21-33-27-28-55-43(33)40-29-35(23-19-15-11-7-3)45(57-40)42-31-36(24-20-16-12-8-4)46(59-42)41-30-34(22-18-14-10-6-2)44(58-41)39-26-25-37(56-39)32-38-47(52)50-49(54)51-48(38)53/h25-32H,5-24H2,1-4H3,(H2,50,51,52,53,54). The number of imide groups is 2. The van der Waals surface area contributed by atoms with E-state index in [1.807, 2.05) is 51.4 Å². The molecule has 0 unspecified atom stereocenters. The molecule has 1 fully saturated rings. The van der Waals surface area contributed by atoms with E-state index in [0.29, 0.717) is 0 Å². The van der Waals surface area contributed by atoms with E-state index in [9.17, 15) is 14.4 Å². The second kappa shape index (κ2) is 23.2. The van der Waals surface area contributed by atoms with Gasteiger partial charge in [0.2, 0.25) is 0 Å². The minimum Gasteiger partial charge on any atom is -0.273 e. The second-order valence-corrected chi connectivity index (χ2v) is 21.1. The van der Waals surface area contributed by atoms with Gasteiger partial charge >= 0.3 is 6.03 Å². The monoisotopic (exact) mass is 886 g/mol. The average molecular weight is 887 g/mol. The summed E-state index contributed by atoms with van der Waals surface area (Å²) in [4.78, 5) is 48.5. The summed E-state index contributed by atoms with van der Waals surface area (Å²) in [6.07, 6.45) is 26.0. The Morgan fingerprint density at radius 1 is 0.458 bits per heavy atom. The molecule has 5 aromatic rings. The number of nitrogens with one attached hydrogen (secondary N) is 2. The van der Waals surface area contributed by atoms with Gasteiger partial charge in [0.25, 0.3) is 11.8 Å². The van der Waals surface area contributed by atoms with Gasteiger partial charge in [-0.05, 0) is 121 Å². The van der Waals surface area contributed by atoms with E-state index in [-0.39, 0.29) is 5.57 Å². The summed E-state index contributed by atoms with van der Waals surface area (Å²) in [7, 11) is 0. The molecule has 0 aliphatic carbocycles. The Labute approximate surface area is 372 Å². The van der Waals surface area contributed by atoms with Gasteiger partial charge in [-0.25, -0.2) is 4.79 Å². The van der Waals surface area contributed by atoms with Gasteiger partial charge in [-0.15, -0.1) is 56.7 Å². The number of thiophene rings is 5. The Morgan fingerprint density at radius 3 is 1.34 bits per heavy atom. The average Bonchev–Trinajstić information content (AvgIpc) is 4.07. The molecule has 5 aromatic heterocycles. The number of carbonyl (C=O) groups is 3. The lowest BCUT2D eigenvalue weighted by Crippen LogP contribution is -2.51. The van der Waals surface area contributed by atoms with Crippen LogP contribution in [-0.2, 0) is 35.3 Å². The van der Waals surface area contributed by atoms with Gasteiger partial charge in [0, 0.05) is 43.9 Å². The van der Waals surface area contributed by atoms with Crippen molar-refractivity contribution in [2.24, 2.45) is 0 Å². The summed E-state index contributed by atoms with van der Waals surface area (Å²) in [6.45, 7) is 9.13. The molecule has 5 nitrogen and oxygen atoms in total. The molecule has 0 atom stereocenters. The summed E-state index contributed by atoms with van der Waals surface area (Å²) in [5.74, 6) is -1.33. The van der Waals surface area contributed by atoms with Crippen LogP contribution in [0.15, 0.2) is 47.4 Å². The summed E-state index contributed by atoms with van der Waals surface area (Å²) in [5, 5.41) is 6.69. The maximum absolute atomic E-state index is 12.5. The number of barbiturate groups is 1. The van der Waals surface area contributed by atoms with Gasteiger partial charge in [0.05, 0.1) is 0 Å². The highest BCUT2D eigenvalue weighted by Gasteiger charge is 2.28. The van der Waals surface area contributed by atoms with Crippen molar-refractivity contribution in [1.29, 1.82) is 0 Å². The molecular formula is C49H62N2O3S5. The van der Waals surface area contributed by atoms with E-state index in [1.54, 1.807) is 17.4 Å². The van der Waals surface area contributed by atoms with Crippen LogP contribution >= 0.6 is 56.7 Å². The van der Waals surface area contributed by atoms with E-state index in [0.717, 1.165) is 35.4 Å². The van der Waals surface area contributed by atoms with Crippen LogP contribution in [-0.4, -0.2) is 17.8 Å².